The van der Waals surface area contributed by atoms with E-state index in [1.165, 1.54) is 0 Å². The van der Waals surface area contributed by atoms with Crippen molar-refractivity contribution >= 4 is 17.5 Å². The summed E-state index contributed by atoms with van der Waals surface area (Å²) in [7, 11) is 0. The van der Waals surface area contributed by atoms with Crippen molar-refractivity contribution in [1.29, 1.82) is 0 Å². The second-order valence-corrected chi connectivity index (χ2v) is 6.75. The Balaban J connectivity index is 1.63. The molecule has 124 valence electrons. The van der Waals surface area contributed by atoms with Crippen molar-refractivity contribution in [2.24, 2.45) is 5.73 Å². The molecule has 0 atom stereocenters. The Morgan fingerprint density at radius 3 is 2.17 bits per heavy atom. The molecule has 2 aliphatic rings. The van der Waals surface area contributed by atoms with Crippen LogP contribution in [0.4, 0.5) is 5.69 Å². The lowest BCUT2D eigenvalue weighted by Crippen LogP contribution is -2.52. The molecule has 0 unspecified atom stereocenters. The molecule has 0 aromatic heterocycles. The van der Waals surface area contributed by atoms with E-state index in [4.69, 9.17) is 5.73 Å². The summed E-state index contributed by atoms with van der Waals surface area (Å²) in [5, 5.41) is 2.90. The Bertz CT molecular complexity index is 570. The third kappa shape index (κ3) is 3.55. The minimum Gasteiger partial charge on any atom is -0.339 e. The van der Waals surface area contributed by atoms with Gasteiger partial charge in [0, 0.05) is 24.3 Å². The highest BCUT2D eigenvalue weighted by molar-refractivity contribution is 5.99. The minimum absolute atomic E-state index is 0.0722. The fourth-order valence-electron chi connectivity index (χ4n) is 3.46. The molecular weight excluding hydrogens is 290 g/mol. The summed E-state index contributed by atoms with van der Waals surface area (Å²) in [4.78, 5) is 26.6. The van der Waals surface area contributed by atoms with Gasteiger partial charge in [0.2, 0.25) is 5.91 Å². The molecule has 0 spiro atoms. The molecular formula is C18H25N3O2. The van der Waals surface area contributed by atoms with Crippen molar-refractivity contribution < 1.29 is 9.59 Å². The van der Waals surface area contributed by atoms with Gasteiger partial charge in [-0.3, -0.25) is 9.59 Å². The van der Waals surface area contributed by atoms with Crippen LogP contribution < -0.4 is 11.1 Å². The first-order valence-electron chi connectivity index (χ1n) is 8.58. The van der Waals surface area contributed by atoms with Gasteiger partial charge in [-0.25, -0.2) is 0 Å². The highest BCUT2D eigenvalue weighted by Crippen LogP contribution is 2.27. The van der Waals surface area contributed by atoms with Crippen molar-refractivity contribution in [2.45, 2.75) is 50.5 Å². The Hall–Kier alpha value is -1.88. The van der Waals surface area contributed by atoms with E-state index in [1.807, 2.05) is 4.90 Å². The molecule has 0 bridgehead atoms. The predicted molar refractivity (Wildman–Crippen MR) is 90.2 cm³/mol. The van der Waals surface area contributed by atoms with Gasteiger partial charge in [0.05, 0.1) is 5.54 Å². The monoisotopic (exact) mass is 315 g/mol. The van der Waals surface area contributed by atoms with Gasteiger partial charge in [-0.1, -0.05) is 19.3 Å². The van der Waals surface area contributed by atoms with E-state index in [9.17, 15) is 9.59 Å². The Morgan fingerprint density at radius 1 is 0.957 bits per heavy atom. The van der Waals surface area contributed by atoms with Gasteiger partial charge in [0.15, 0.2) is 0 Å². The number of carbonyl (C=O) groups is 2. The predicted octanol–water partition coefficient (Wildman–Crippen LogP) is 2.52. The number of nitrogens with one attached hydrogen (secondary N) is 1. The topological polar surface area (TPSA) is 75.4 Å². The normalized spacial score (nSPS) is 20.3. The number of hydrogen-bond donors (Lipinski definition) is 2. The second kappa shape index (κ2) is 6.71. The van der Waals surface area contributed by atoms with Crippen LogP contribution in [0.25, 0.3) is 0 Å². The van der Waals surface area contributed by atoms with Gasteiger partial charge in [-0.05, 0) is 49.9 Å². The first-order chi connectivity index (χ1) is 11.1. The molecule has 1 aliphatic heterocycles. The number of benzene rings is 1. The molecule has 23 heavy (non-hydrogen) atoms. The third-order valence-electron chi connectivity index (χ3n) is 4.98. The van der Waals surface area contributed by atoms with Gasteiger partial charge < -0.3 is 16.0 Å². The van der Waals surface area contributed by atoms with Gasteiger partial charge in [0.25, 0.3) is 5.91 Å². The van der Waals surface area contributed by atoms with E-state index in [2.05, 4.69) is 5.32 Å². The SMILES string of the molecule is NC1(C(=O)Nc2ccc(C(=O)N3CCCC3)cc2)CCCCC1. The maximum atomic E-state index is 12.4. The lowest BCUT2D eigenvalue weighted by molar-refractivity contribution is -0.122. The molecule has 1 aliphatic carbocycles. The van der Waals surface area contributed by atoms with Gasteiger partial charge >= 0.3 is 0 Å². The second-order valence-electron chi connectivity index (χ2n) is 6.75. The average Bonchev–Trinajstić information content (AvgIpc) is 3.10. The fraction of sp³-hybridized carbons (Fsp3) is 0.556. The fourth-order valence-corrected chi connectivity index (χ4v) is 3.46. The van der Waals surface area contributed by atoms with Crippen molar-refractivity contribution in [3.8, 4) is 0 Å². The molecule has 1 saturated carbocycles. The molecule has 3 rings (SSSR count). The standard InChI is InChI=1S/C18H25N3O2/c19-18(10-2-1-3-11-18)17(23)20-15-8-6-14(7-9-15)16(22)21-12-4-5-13-21/h6-9H,1-5,10-13,19H2,(H,20,23). The molecule has 2 amide bonds. The van der Waals surface area contributed by atoms with E-state index in [1.54, 1.807) is 24.3 Å². The number of likely N-dealkylation sites (tertiary alicyclic amines) is 1. The number of carbonyl (C=O) groups excluding carboxylic acids is 2. The van der Waals surface area contributed by atoms with Crippen LogP contribution in [0.2, 0.25) is 0 Å². The van der Waals surface area contributed by atoms with E-state index < -0.39 is 5.54 Å². The molecule has 1 aromatic carbocycles. The summed E-state index contributed by atoms with van der Waals surface area (Å²) in [6.45, 7) is 1.68. The lowest BCUT2D eigenvalue weighted by atomic mass is 9.82. The van der Waals surface area contributed by atoms with Crippen molar-refractivity contribution in [2.75, 3.05) is 18.4 Å². The van der Waals surface area contributed by atoms with Crippen molar-refractivity contribution in [3.05, 3.63) is 29.8 Å². The van der Waals surface area contributed by atoms with Crippen LogP contribution in [0.3, 0.4) is 0 Å². The maximum absolute atomic E-state index is 12.4. The van der Waals surface area contributed by atoms with E-state index in [0.717, 1.165) is 58.0 Å². The molecule has 1 heterocycles. The van der Waals surface area contributed by atoms with Crippen LogP contribution in [-0.4, -0.2) is 35.3 Å². The molecule has 2 fully saturated rings. The summed E-state index contributed by atoms with van der Waals surface area (Å²) in [5.41, 5.74) is 6.86. The van der Waals surface area contributed by atoms with Crippen LogP contribution >= 0.6 is 0 Å². The number of amides is 2. The maximum Gasteiger partial charge on any atom is 0.253 e. The summed E-state index contributed by atoms with van der Waals surface area (Å²) in [6, 6.07) is 7.13. The highest BCUT2D eigenvalue weighted by Gasteiger charge is 2.35. The van der Waals surface area contributed by atoms with Crippen LogP contribution in [-0.2, 0) is 4.79 Å². The van der Waals surface area contributed by atoms with Crippen LogP contribution in [0, 0.1) is 0 Å². The van der Waals surface area contributed by atoms with E-state index >= 15 is 0 Å². The number of rotatable bonds is 3. The van der Waals surface area contributed by atoms with Crippen LogP contribution in [0.15, 0.2) is 24.3 Å². The summed E-state index contributed by atoms with van der Waals surface area (Å²) in [6.07, 6.45) is 6.81. The highest BCUT2D eigenvalue weighted by atomic mass is 16.2. The molecule has 1 saturated heterocycles. The molecule has 5 heteroatoms. The van der Waals surface area contributed by atoms with Gasteiger partial charge in [-0.2, -0.15) is 0 Å². The van der Waals surface area contributed by atoms with Crippen molar-refractivity contribution in [1.82, 2.24) is 4.90 Å². The smallest absolute Gasteiger partial charge is 0.253 e. The number of hydrogen-bond acceptors (Lipinski definition) is 3. The van der Waals surface area contributed by atoms with Crippen LogP contribution in [0.5, 0.6) is 0 Å². The van der Waals surface area contributed by atoms with E-state index in [0.29, 0.717) is 11.3 Å². The number of anilines is 1. The molecule has 1 aromatic rings. The van der Waals surface area contributed by atoms with Crippen LogP contribution in [0.1, 0.15) is 55.3 Å². The third-order valence-corrected chi connectivity index (χ3v) is 4.98. The molecule has 3 N–H and O–H groups in total. The quantitative estimate of drug-likeness (QED) is 0.900. The van der Waals surface area contributed by atoms with Gasteiger partial charge in [0.1, 0.15) is 0 Å². The zero-order valence-corrected chi connectivity index (χ0v) is 13.5. The Kier molecular flexibility index (Phi) is 4.66. The average molecular weight is 315 g/mol. The minimum atomic E-state index is -0.748. The molecule has 5 nitrogen and oxygen atoms in total. The lowest BCUT2D eigenvalue weighted by Gasteiger charge is -2.31. The first-order valence-corrected chi connectivity index (χ1v) is 8.58. The number of nitrogens with zero attached hydrogens (tertiary/aromatic N) is 1. The zero-order valence-electron chi connectivity index (χ0n) is 13.5. The molecule has 0 radical (unpaired) electrons. The Morgan fingerprint density at radius 2 is 1.57 bits per heavy atom. The summed E-state index contributed by atoms with van der Waals surface area (Å²) >= 11 is 0. The zero-order chi connectivity index (χ0) is 16.3. The summed E-state index contributed by atoms with van der Waals surface area (Å²) in [5.74, 6) is -0.0428. The number of nitrogens with two attached hydrogens (primary N) is 1. The summed E-state index contributed by atoms with van der Waals surface area (Å²) < 4.78 is 0. The first kappa shape index (κ1) is 16.0. The van der Waals surface area contributed by atoms with Gasteiger partial charge in [-0.15, -0.1) is 0 Å². The van der Waals surface area contributed by atoms with E-state index in [-0.39, 0.29) is 11.8 Å². The Labute approximate surface area is 137 Å². The van der Waals surface area contributed by atoms with Crippen molar-refractivity contribution in [3.63, 3.8) is 0 Å². The largest absolute Gasteiger partial charge is 0.339 e.